The van der Waals surface area contributed by atoms with Crippen molar-refractivity contribution in [1.82, 2.24) is 15.1 Å². The van der Waals surface area contributed by atoms with E-state index in [1.807, 2.05) is 24.3 Å². The molecule has 1 amide bonds. The number of carbonyl (C=O) groups is 1. The Bertz CT molecular complexity index is 1080. The van der Waals surface area contributed by atoms with Crippen molar-refractivity contribution >= 4 is 23.2 Å². The summed E-state index contributed by atoms with van der Waals surface area (Å²) in [5, 5.41) is 4.08. The molecule has 5 rings (SSSR count). The molecule has 2 aromatic rings. The average Bonchev–Trinajstić information content (AvgIpc) is 3.00. The van der Waals surface area contributed by atoms with Crippen LogP contribution in [0.5, 0.6) is 5.75 Å². The maximum Gasteiger partial charge on any atom is 0.220 e. The molecule has 40 heavy (non-hydrogen) atoms. The smallest absolute Gasteiger partial charge is 0.220 e. The highest BCUT2D eigenvalue weighted by atomic mass is 35.5. The molecule has 6 nitrogen and oxygen atoms in total. The Morgan fingerprint density at radius 2 is 1.77 bits per heavy atom. The van der Waals surface area contributed by atoms with Crippen molar-refractivity contribution in [2.24, 2.45) is 11.8 Å². The number of methoxy groups -OCH3 is 1. The molecule has 2 aromatic carbocycles. The fraction of sp³-hybridized carbons (Fsp3) is 0.606. The summed E-state index contributed by atoms with van der Waals surface area (Å²) in [6.45, 7) is 7.96. The van der Waals surface area contributed by atoms with Gasteiger partial charge in [-0.1, -0.05) is 55.1 Å². The van der Waals surface area contributed by atoms with Gasteiger partial charge in [0.25, 0.3) is 0 Å². The van der Waals surface area contributed by atoms with E-state index in [0.29, 0.717) is 24.3 Å². The number of piperazine rings is 1. The Labute approximate surface area is 246 Å². The number of piperidine rings is 1. The third-order valence-electron chi connectivity index (χ3n) is 9.34. The van der Waals surface area contributed by atoms with Gasteiger partial charge in [-0.05, 0) is 73.9 Å². The van der Waals surface area contributed by atoms with Crippen molar-refractivity contribution in [3.63, 3.8) is 0 Å². The number of hydrogen-bond acceptors (Lipinski definition) is 5. The molecule has 3 fully saturated rings. The maximum atomic E-state index is 12.9. The summed E-state index contributed by atoms with van der Waals surface area (Å²) < 4.78 is 5.63. The first kappa shape index (κ1) is 29.2. The van der Waals surface area contributed by atoms with Crippen LogP contribution in [0, 0.1) is 11.8 Å². The monoisotopic (exact) mass is 566 g/mol. The number of amides is 1. The number of nitrogens with one attached hydrogen (secondary N) is 1. The Balaban J connectivity index is 1.19. The Hall–Kier alpha value is -2.28. The van der Waals surface area contributed by atoms with Gasteiger partial charge in [0.15, 0.2) is 0 Å². The summed E-state index contributed by atoms with van der Waals surface area (Å²) in [6.07, 6.45) is 9.23. The van der Waals surface area contributed by atoms with Gasteiger partial charge >= 0.3 is 0 Å². The predicted molar refractivity (Wildman–Crippen MR) is 164 cm³/mol. The molecule has 1 saturated carbocycles. The van der Waals surface area contributed by atoms with Crippen molar-refractivity contribution in [1.29, 1.82) is 0 Å². The molecule has 2 saturated heterocycles. The summed E-state index contributed by atoms with van der Waals surface area (Å²) in [6, 6.07) is 17.1. The lowest BCUT2D eigenvalue weighted by Crippen LogP contribution is -2.56. The van der Waals surface area contributed by atoms with Crippen LogP contribution in [0.3, 0.4) is 0 Å². The minimum absolute atomic E-state index is 0.234. The molecule has 0 spiro atoms. The zero-order valence-electron chi connectivity index (χ0n) is 24.2. The lowest BCUT2D eigenvalue weighted by molar-refractivity contribution is -0.121. The Kier molecular flexibility index (Phi) is 10.6. The number of rotatable bonds is 10. The number of halogens is 1. The second kappa shape index (κ2) is 14.6. The highest BCUT2D eigenvalue weighted by molar-refractivity contribution is 6.30. The molecular weight excluding hydrogens is 520 g/mol. The van der Waals surface area contributed by atoms with E-state index in [-0.39, 0.29) is 5.91 Å². The second-order valence-corrected chi connectivity index (χ2v) is 12.5. The van der Waals surface area contributed by atoms with E-state index in [1.54, 1.807) is 7.11 Å². The molecule has 0 bridgehead atoms. The molecule has 0 aromatic heterocycles. The molecule has 3 aliphatic rings. The molecule has 2 atom stereocenters. The number of anilines is 1. The van der Waals surface area contributed by atoms with Crippen LogP contribution in [-0.2, 0) is 11.3 Å². The average molecular weight is 567 g/mol. The quantitative estimate of drug-likeness (QED) is 0.392. The molecule has 0 radical (unpaired) electrons. The van der Waals surface area contributed by atoms with Gasteiger partial charge in [0.2, 0.25) is 5.91 Å². The van der Waals surface area contributed by atoms with Gasteiger partial charge in [-0.15, -0.1) is 0 Å². The number of likely N-dealkylation sites (tertiary alicyclic amines) is 1. The lowest BCUT2D eigenvalue weighted by atomic mass is 9.86. The minimum Gasteiger partial charge on any atom is -0.495 e. The number of benzene rings is 2. The van der Waals surface area contributed by atoms with Gasteiger partial charge in [0.05, 0.1) is 12.8 Å². The number of carbonyl (C=O) groups excluding carboxylic acids is 1. The molecule has 2 aliphatic heterocycles. The number of para-hydroxylation sites is 2. The van der Waals surface area contributed by atoms with Crippen LogP contribution < -0.4 is 15.0 Å². The summed E-state index contributed by atoms with van der Waals surface area (Å²) in [7, 11) is 1.75. The van der Waals surface area contributed by atoms with Gasteiger partial charge in [-0.2, -0.15) is 0 Å². The van der Waals surface area contributed by atoms with Gasteiger partial charge in [0.1, 0.15) is 5.75 Å². The maximum absolute atomic E-state index is 12.9. The van der Waals surface area contributed by atoms with Crippen LogP contribution in [0.15, 0.2) is 48.5 Å². The summed E-state index contributed by atoms with van der Waals surface area (Å²) in [5.74, 6) is 2.33. The van der Waals surface area contributed by atoms with Gasteiger partial charge in [0, 0.05) is 63.3 Å². The zero-order chi connectivity index (χ0) is 27.7. The first-order chi connectivity index (χ1) is 19.6. The molecule has 7 heteroatoms. The number of nitrogens with zero attached hydrogens (tertiary/aromatic N) is 3. The van der Waals surface area contributed by atoms with E-state index in [4.69, 9.17) is 16.3 Å². The fourth-order valence-corrected chi connectivity index (χ4v) is 7.35. The van der Waals surface area contributed by atoms with Crippen LogP contribution >= 0.6 is 11.6 Å². The van der Waals surface area contributed by atoms with Crippen molar-refractivity contribution in [2.75, 3.05) is 57.8 Å². The molecule has 1 aliphatic carbocycles. The predicted octanol–water partition coefficient (Wildman–Crippen LogP) is 5.84. The molecule has 1 N–H and O–H groups in total. The highest BCUT2D eigenvalue weighted by Gasteiger charge is 2.35. The fourth-order valence-electron chi connectivity index (χ4n) is 7.14. The van der Waals surface area contributed by atoms with E-state index in [1.165, 1.54) is 43.4 Å². The zero-order valence-corrected chi connectivity index (χ0v) is 25.0. The van der Waals surface area contributed by atoms with Crippen molar-refractivity contribution in [3.8, 4) is 5.75 Å². The number of ether oxygens (including phenoxy) is 1. The third-order valence-corrected chi connectivity index (χ3v) is 9.57. The molecule has 2 heterocycles. The van der Waals surface area contributed by atoms with Crippen LogP contribution in [0.2, 0.25) is 5.02 Å². The van der Waals surface area contributed by atoms with Crippen LogP contribution in [0.1, 0.15) is 56.9 Å². The Morgan fingerprint density at radius 1 is 0.975 bits per heavy atom. The van der Waals surface area contributed by atoms with E-state index in [0.717, 1.165) is 76.0 Å². The Morgan fingerprint density at radius 3 is 2.55 bits per heavy atom. The van der Waals surface area contributed by atoms with E-state index >= 15 is 0 Å². The van der Waals surface area contributed by atoms with Crippen molar-refractivity contribution in [2.45, 2.75) is 64.0 Å². The van der Waals surface area contributed by atoms with Crippen LogP contribution in [0.4, 0.5) is 5.69 Å². The third kappa shape index (κ3) is 7.92. The van der Waals surface area contributed by atoms with Gasteiger partial charge in [-0.3, -0.25) is 14.6 Å². The van der Waals surface area contributed by atoms with E-state index in [9.17, 15) is 4.79 Å². The molecule has 0 unspecified atom stereocenters. The standard InChI is InChI=1S/C33H47ClN4O2/c1-40-32-13-6-5-12-31(32)38-20-18-37(19-21-38)30-16-17-36(24-27-10-7-11-29(34)22-27)25-28(30)14-15-33(39)35-23-26-8-3-2-4-9-26/h5-7,10-13,22,26,28,30H,2-4,8-9,14-21,23-25H2,1H3,(H,35,39)/t28-,30+/m0/s1. The summed E-state index contributed by atoms with van der Waals surface area (Å²) in [4.78, 5) is 20.6. The second-order valence-electron chi connectivity index (χ2n) is 12.0. The van der Waals surface area contributed by atoms with Crippen LogP contribution in [-0.4, -0.2) is 74.7 Å². The largest absolute Gasteiger partial charge is 0.495 e. The lowest BCUT2D eigenvalue weighted by Gasteiger charge is -2.47. The first-order valence-electron chi connectivity index (χ1n) is 15.4. The van der Waals surface area contributed by atoms with E-state index in [2.05, 4.69) is 44.3 Å². The van der Waals surface area contributed by atoms with Gasteiger partial charge in [-0.25, -0.2) is 0 Å². The van der Waals surface area contributed by atoms with Gasteiger partial charge < -0.3 is 15.0 Å². The molecular formula is C33H47ClN4O2. The van der Waals surface area contributed by atoms with Crippen molar-refractivity contribution in [3.05, 3.63) is 59.1 Å². The SMILES string of the molecule is COc1ccccc1N1CCN([C@@H]2CCN(Cc3cccc(Cl)c3)C[C@@H]2CCC(=O)NCC2CCCCC2)CC1. The van der Waals surface area contributed by atoms with E-state index < -0.39 is 0 Å². The highest BCUT2D eigenvalue weighted by Crippen LogP contribution is 2.32. The number of hydrogen-bond donors (Lipinski definition) is 1. The topological polar surface area (TPSA) is 48.1 Å². The summed E-state index contributed by atoms with van der Waals surface area (Å²) in [5.41, 5.74) is 2.45. The van der Waals surface area contributed by atoms with Crippen LogP contribution in [0.25, 0.3) is 0 Å². The molecule has 218 valence electrons. The summed E-state index contributed by atoms with van der Waals surface area (Å²) >= 11 is 6.28. The first-order valence-corrected chi connectivity index (χ1v) is 15.8. The minimum atomic E-state index is 0.234. The normalized spacial score (nSPS) is 23.2. The van der Waals surface area contributed by atoms with Crippen molar-refractivity contribution < 1.29 is 9.53 Å².